The number of anilines is 2. The number of aromatic amines is 1. The third-order valence-corrected chi connectivity index (χ3v) is 6.33. The number of H-pyrrole nitrogens is 1. The van der Waals surface area contributed by atoms with Gasteiger partial charge in [-0.15, -0.1) is 11.3 Å². The molecule has 0 unspecified atom stereocenters. The minimum Gasteiger partial charge on any atom is -0.378 e. The molecule has 2 aromatic heterocycles. The zero-order valence-electron chi connectivity index (χ0n) is 18.8. The molecule has 1 fully saturated rings. The molecule has 3 heterocycles. The number of hydrogen-bond acceptors (Lipinski definition) is 9. The Morgan fingerprint density at radius 2 is 2.06 bits per heavy atom. The van der Waals surface area contributed by atoms with Crippen LogP contribution in [0.4, 0.5) is 16.8 Å². The normalized spacial score (nSPS) is 13.6. The number of rotatable bonds is 7. The van der Waals surface area contributed by atoms with E-state index in [1.807, 2.05) is 4.90 Å². The number of nitro benzene ring substituents is 1. The standard InChI is InChI=1S/C22H24N6O5S/c1-13-3-4-15(11-18(13)28(31)32)17-12-34-22(24-17)25-19(29)6-5-16-14(2)23-21(26-20(16)30)27-7-9-33-10-8-27/h3-4,11-12H,5-10H2,1-2H3,(H,23,26,30)(H,24,25,29). The first-order valence-electron chi connectivity index (χ1n) is 10.7. The van der Waals surface area contributed by atoms with E-state index in [1.165, 1.54) is 17.4 Å². The molecule has 0 aliphatic carbocycles. The van der Waals surface area contributed by atoms with Crippen molar-refractivity contribution in [1.82, 2.24) is 15.0 Å². The first-order chi connectivity index (χ1) is 16.3. The molecule has 0 saturated carbocycles. The van der Waals surface area contributed by atoms with Crippen LogP contribution in [0.2, 0.25) is 0 Å². The number of nitro groups is 1. The van der Waals surface area contributed by atoms with Gasteiger partial charge in [0.15, 0.2) is 5.13 Å². The minimum atomic E-state index is -0.431. The van der Waals surface area contributed by atoms with Crippen molar-refractivity contribution in [1.29, 1.82) is 0 Å². The van der Waals surface area contributed by atoms with Crippen molar-refractivity contribution in [2.45, 2.75) is 26.7 Å². The summed E-state index contributed by atoms with van der Waals surface area (Å²) < 4.78 is 5.33. The molecule has 1 amide bonds. The maximum atomic E-state index is 12.6. The molecule has 12 heteroatoms. The molecule has 11 nitrogen and oxygen atoms in total. The number of thiazole rings is 1. The third kappa shape index (κ3) is 5.29. The van der Waals surface area contributed by atoms with Gasteiger partial charge >= 0.3 is 0 Å². The van der Waals surface area contributed by atoms with E-state index in [0.717, 1.165) is 0 Å². The van der Waals surface area contributed by atoms with Crippen LogP contribution in [0.1, 0.15) is 23.2 Å². The second-order valence-corrected chi connectivity index (χ2v) is 8.76. The lowest BCUT2D eigenvalue weighted by Gasteiger charge is -2.27. The lowest BCUT2D eigenvalue weighted by Crippen LogP contribution is -2.38. The number of hydrogen-bond donors (Lipinski definition) is 2. The Morgan fingerprint density at radius 3 is 2.76 bits per heavy atom. The maximum Gasteiger partial charge on any atom is 0.272 e. The predicted octanol–water partition coefficient (Wildman–Crippen LogP) is 2.83. The van der Waals surface area contributed by atoms with Crippen LogP contribution < -0.4 is 15.8 Å². The van der Waals surface area contributed by atoms with Crippen molar-refractivity contribution in [2.75, 3.05) is 36.5 Å². The van der Waals surface area contributed by atoms with Gasteiger partial charge in [0, 0.05) is 53.3 Å². The summed E-state index contributed by atoms with van der Waals surface area (Å²) in [7, 11) is 0. The first-order valence-corrected chi connectivity index (χ1v) is 11.6. The summed E-state index contributed by atoms with van der Waals surface area (Å²) in [6, 6.07) is 4.90. The van der Waals surface area contributed by atoms with E-state index < -0.39 is 4.92 Å². The van der Waals surface area contributed by atoms with Crippen molar-refractivity contribution < 1.29 is 14.5 Å². The molecule has 34 heavy (non-hydrogen) atoms. The molecule has 2 N–H and O–H groups in total. The van der Waals surface area contributed by atoms with Gasteiger partial charge in [-0.2, -0.15) is 0 Å². The highest BCUT2D eigenvalue weighted by atomic mass is 32.1. The number of aryl methyl sites for hydroxylation is 2. The van der Waals surface area contributed by atoms with Crippen LogP contribution in [0, 0.1) is 24.0 Å². The monoisotopic (exact) mass is 484 g/mol. The molecule has 178 valence electrons. The zero-order chi connectivity index (χ0) is 24.2. The van der Waals surface area contributed by atoms with Gasteiger partial charge in [0.05, 0.1) is 23.8 Å². The molecule has 1 saturated heterocycles. The maximum absolute atomic E-state index is 12.6. The van der Waals surface area contributed by atoms with E-state index in [9.17, 15) is 19.7 Å². The van der Waals surface area contributed by atoms with Gasteiger partial charge in [0.2, 0.25) is 11.9 Å². The number of ether oxygens (including phenoxy) is 1. The number of benzene rings is 1. The predicted molar refractivity (Wildman–Crippen MR) is 129 cm³/mol. The van der Waals surface area contributed by atoms with Crippen LogP contribution in [0.3, 0.4) is 0 Å². The fourth-order valence-electron chi connectivity index (χ4n) is 3.66. The Bertz CT molecular complexity index is 1280. The van der Waals surface area contributed by atoms with Gasteiger partial charge in [-0.05, 0) is 20.3 Å². The van der Waals surface area contributed by atoms with Crippen molar-refractivity contribution in [3.05, 3.63) is 60.9 Å². The number of aromatic nitrogens is 3. The summed E-state index contributed by atoms with van der Waals surface area (Å²) in [5.74, 6) is 0.234. The zero-order valence-corrected chi connectivity index (χ0v) is 19.6. The second-order valence-electron chi connectivity index (χ2n) is 7.90. The molecule has 0 spiro atoms. The van der Waals surface area contributed by atoms with Crippen LogP contribution in [0.5, 0.6) is 0 Å². The molecule has 3 aromatic rings. The van der Waals surface area contributed by atoms with Crippen LogP contribution in [0.15, 0.2) is 28.4 Å². The molecule has 0 bridgehead atoms. The van der Waals surface area contributed by atoms with Gasteiger partial charge < -0.3 is 15.0 Å². The largest absolute Gasteiger partial charge is 0.378 e. The molecule has 4 rings (SSSR count). The van der Waals surface area contributed by atoms with Crippen LogP contribution >= 0.6 is 11.3 Å². The van der Waals surface area contributed by atoms with Crippen LogP contribution in [-0.2, 0) is 16.0 Å². The van der Waals surface area contributed by atoms with E-state index in [1.54, 1.807) is 31.4 Å². The Morgan fingerprint density at radius 1 is 1.29 bits per heavy atom. The van der Waals surface area contributed by atoms with Gasteiger partial charge in [-0.25, -0.2) is 9.97 Å². The summed E-state index contributed by atoms with van der Waals surface area (Å²) in [6.45, 7) is 5.94. The van der Waals surface area contributed by atoms with Gasteiger partial charge in [-0.3, -0.25) is 24.7 Å². The highest BCUT2D eigenvalue weighted by molar-refractivity contribution is 7.14. The van der Waals surface area contributed by atoms with Gasteiger partial charge in [0.25, 0.3) is 11.2 Å². The number of carbonyl (C=O) groups is 1. The second kappa shape index (κ2) is 10.1. The van der Waals surface area contributed by atoms with E-state index >= 15 is 0 Å². The molecule has 0 atom stereocenters. The third-order valence-electron chi connectivity index (χ3n) is 5.57. The van der Waals surface area contributed by atoms with E-state index in [0.29, 0.717) is 65.5 Å². The topological polar surface area (TPSA) is 143 Å². The molecular formula is C22H24N6O5S. The number of amides is 1. The molecular weight excluding hydrogens is 460 g/mol. The number of morpholine rings is 1. The fourth-order valence-corrected chi connectivity index (χ4v) is 4.40. The Kier molecular flexibility index (Phi) is 6.98. The average molecular weight is 485 g/mol. The average Bonchev–Trinajstić information content (AvgIpc) is 3.27. The lowest BCUT2D eigenvalue weighted by molar-refractivity contribution is -0.385. The number of nitrogens with zero attached hydrogens (tertiary/aromatic N) is 4. The highest BCUT2D eigenvalue weighted by Crippen LogP contribution is 2.29. The summed E-state index contributed by atoms with van der Waals surface area (Å²) in [5.41, 5.74) is 2.54. The minimum absolute atomic E-state index is 0.0184. The summed E-state index contributed by atoms with van der Waals surface area (Å²) in [6.07, 6.45) is 0.333. The van der Waals surface area contributed by atoms with Crippen molar-refractivity contribution in [2.24, 2.45) is 0 Å². The number of nitrogens with one attached hydrogen (secondary N) is 2. The quantitative estimate of drug-likeness (QED) is 0.385. The molecule has 1 aromatic carbocycles. The van der Waals surface area contributed by atoms with Crippen molar-refractivity contribution in [3.8, 4) is 11.3 Å². The Balaban J connectivity index is 1.39. The first kappa shape index (κ1) is 23.5. The smallest absolute Gasteiger partial charge is 0.272 e. The van der Waals surface area contributed by atoms with E-state index in [2.05, 4.69) is 20.3 Å². The Hall–Kier alpha value is -3.64. The fraction of sp³-hybridized carbons (Fsp3) is 0.364. The number of carbonyl (C=O) groups excluding carboxylic acids is 1. The lowest BCUT2D eigenvalue weighted by atomic mass is 10.1. The van der Waals surface area contributed by atoms with E-state index in [-0.39, 0.29) is 30.0 Å². The van der Waals surface area contributed by atoms with E-state index in [4.69, 9.17) is 4.74 Å². The highest BCUT2D eigenvalue weighted by Gasteiger charge is 2.18. The van der Waals surface area contributed by atoms with Crippen molar-refractivity contribution in [3.63, 3.8) is 0 Å². The molecule has 1 aliphatic rings. The van der Waals surface area contributed by atoms with Gasteiger partial charge in [0.1, 0.15) is 0 Å². The summed E-state index contributed by atoms with van der Waals surface area (Å²) in [4.78, 5) is 49.5. The summed E-state index contributed by atoms with van der Waals surface area (Å²) >= 11 is 1.23. The summed E-state index contributed by atoms with van der Waals surface area (Å²) in [5, 5.41) is 16.0. The molecule has 0 radical (unpaired) electrons. The van der Waals surface area contributed by atoms with Crippen LogP contribution in [-0.4, -0.2) is 52.1 Å². The van der Waals surface area contributed by atoms with Crippen molar-refractivity contribution >= 4 is 34.0 Å². The SMILES string of the molecule is Cc1ccc(-c2csc(NC(=O)CCc3c(C)nc(N4CCOCC4)[nH]c3=O)n2)cc1[N+](=O)[O-]. The van der Waals surface area contributed by atoms with Gasteiger partial charge in [-0.1, -0.05) is 12.1 Å². The molecule has 1 aliphatic heterocycles. The Labute approximate surface area is 199 Å². The van der Waals surface area contributed by atoms with Crippen LogP contribution in [0.25, 0.3) is 11.3 Å².